The van der Waals surface area contributed by atoms with Gasteiger partial charge in [-0.05, 0) is 41.3 Å². The maximum atomic E-state index is 14.5. The highest BCUT2D eigenvalue weighted by molar-refractivity contribution is 7.09. The molecular weight excluding hydrogens is 581 g/mol. The molecule has 0 bridgehead atoms. The molecule has 2 amide bonds. The Hall–Kier alpha value is -4.66. The van der Waals surface area contributed by atoms with Crippen molar-refractivity contribution in [2.75, 3.05) is 11.9 Å². The van der Waals surface area contributed by atoms with Crippen molar-refractivity contribution in [1.82, 2.24) is 30.0 Å². The Balaban J connectivity index is 1.36. The number of halogens is 5. The highest BCUT2D eigenvalue weighted by Crippen LogP contribution is 2.46. The van der Waals surface area contributed by atoms with Crippen LogP contribution in [0.3, 0.4) is 0 Å². The molecule has 4 aromatic heterocycles. The first-order chi connectivity index (χ1) is 20.0. The molecule has 1 atom stereocenters. The lowest BCUT2D eigenvalue weighted by Gasteiger charge is -2.23. The average molecular weight is 602 g/mol. The summed E-state index contributed by atoms with van der Waals surface area (Å²) in [6.45, 7) is 0. The molecule has 0 saturated heterocycles. The summed E-state index contributed by atoms with van der Waals surface area (Å²) in [6, 6.07) is 9.07. The molecule has 15 heteroatoms. The number of hydrogen-bond acceptors (Lipinski definition) is 6. The second-order valence-electron chi connectivity index (χ2n) is 9.63. The topological polar surface area (TPSA) is 109 Å². The number of pyridine rings is 1. The van der Waals surface area contributed by atoms with Gasteiger partial charge in [0, 0.05) is 42.5 Å². The van der Waals surface area contributed by atoms with Crippen molar-refractivity contribution in [1.29, 1.82) is 0 Å². The van der Waals surface area contributed by atoms with Crippen molar-refractivity contribution in [2.24, 2.45) is 0 Å². The van der Waals surface area contributed by atoms with E-state index in [4.69, 9.17) is 0 Å². The molecule has 1 aromatic carbocycles. The summed E-state index contributed by atoms with van der Waals surface area (Å²) < 4.78 is 70.3. The molecule has 0 saturated carbocycles. The summed E-state index contributed by atoms with van der Waals surface area (Å²) in [5.74, 6) is -6.68. The lowest BCUT2D eigenvalue weighted by Crippen LogP contribution is -2.48. The summed E-state index contributed by atoms with van der Waals surface area (Å²) in [6.07, 6.45) is -3.01. The van der Waals surface area contributed by atoms with Gasteiger partial charge in [0.05, 0.1) is 16.8 Å². The summed E-state index contributed by atoms with van der Waals surface area (Å²) in [4.78, 5) is 36.9. The van der Waals surface area contributed by atoms with Crippen molar-refractivity contribution in [3.63, 3.8) is 0 Å². The predicted molar refractivity (Wildman–Crippen MR) is 143 cm³/mol. The highest BCUT2D eigenvalue weighted by atomic mass is 32.1. The zero-order valence-electron chi connectivity index (χ0n) is 21.6. The Labute approximate surface area is 238 Å². The first-order valence-electron chi connectivity index (χ1n) is 12.5. The number of likely N-dealkylation sites (N-methyl/N-ethyl adjacent to an activating group) is 1. The van der Waals surface area contributed by atoms with Crippen LogP contribution in [0.25, 0.3) is 16.7 Å². The van der Waals surface area contributed by atoms with E-state index in [1.165, 1.54) is 35.5 Å². The van der Waals surface area contributed by atoms with Crippen molar-refractivity contribution in [3.8, 4) is 5.82 Å². The van der Waals surface area contributed by atoms with Crippen molar-refractivity contribution >= 4 is 39.7 Å². The van der Waals surface area contributed by atoms with E-state index in [1.807, 2.05) is 17.5 Å². The predicted octanol–water partition coefficient (Wildman–Crippen LogP) is 4.77. The van der Waals surface area contributed by atoms with Crippen LogP contribution in [0.4, 0.5) is 27.6 Å². The van der Waals surface area contributed by atoms with Crippen LogP contribution in [-0.4, -0.2) is 55.8 Å². The number of thiophene rings is 1. The number of aromatic amines is 1. The van der Waals surface area contributed by atoms with Crippen LogP contribution >= 0.6 is 11.3 Å². The second kappa shape index (κ2) is 10.0. The van der Waals surface area contributed by atoms with Gasteiger partial charge in [0.25, 0.3) is 5.91 Å². The highest BCUT2D eigenvalue weighted by Gasteiger charge is 2.60. The second-order valence-corrected chi connectivity index (χ2v) is 10.7. The molecule has 216 valence electrons. The van der Waals surface area contributed by atoms with Crippen LogP contribution < -0.4 is 10.2 Å². The zero-order chi connectivity index (χ0) is 29.8. The fraction of sp³-hybridized carbons (Fsp3) is 0.222. The first kappa shape index (κ1) is 27.5. The van der Waals surface area contributed by atoms with Crippen molar-refractivity contribution in [2.45, 2.75) is 31.0 Å². The molecule has 42 heavy (non-hydrogen) atoms. The molecule has 9 nitrogen and oxygen atoms in total. The van der Waals surface area contributed by atoms with Crippen LogP contribution in [0.5, 0.6) is 0 Å². The molecule has 1 aliphatic rings. The van der Waals surface area contributed by atoms with Gasteiger partial charge in [-0.15, -0.1) is 16.4 Å². The lowest BCUT2D eigenvalue weighted by molar-refractivity contribution is -0.289. The largest absolute Gasteiger partial charge is 0.458 e. The molecule has 0 aliphatic carbocycles. The number of nitrogens with one attached hydrogen (secondary N) is 2. The fourth-order valence-electron chi connectivity index (χ4n) is 4.99. The molecule has 1 aliphatic heterocycles. The molecule has 0 fully saturated rings. The van der Waals surface area contributed by atoms with Gasteiger partial charge in [-0.2, -0.15) is 22.0 Å². The minimum Gasteiger partial charge on any atom is -0.337 e. The number of amides is 2. The Kier molecular flexibility index (Phi) is 6.55. The molecule has 0 radical (unpaired) electrons. The lowest BCUT2D eigenvalue weighted by atomic mass is 10.1. The van der Waals surface area contributed by atoms with Crippen LogP contribution in [0.1, 0.15) is 32.4 Å². The van der Waals surface area contributed by atoms with E-state index in [0.29, 0.717) is 34.9 Å². The monoisotopic (exact) mass is 601 g/mol. The van der Waals surface area contributed by atoms with Crippen molar-refractivity contribution < 1.29 is 31.5 Å². The third-order valence-electron chi connectivity index (χ3n) is 6.97. The Morgan fingerprint density at radius 1 is 1.14 bits per heavy atom. The normalized spacial score (nSPS) is 15.7. The molecule has 6 rings (SSSR count). The standard InChI is InChI=1S/C27H20F5N7O2S/c1-38-18-7-2-8-19-21(18)14(13-39(19)23-16(6-3-9-33-23)26(28,29)27(30,31)32)11-17(25(38)41)34-24(40)22-35-20(36-37-22)12-15-5-4-10-42-15/h2-10,13,17H,11-12H2,1H3,(H,34,40)(H,35,36,37)/t17-/m0/s1. The van der Waals surface area contributed by atoms with Gasteiger partial charge < -0.3 is 14.8 Å². The van der Waals surface area contributed by atoms with Gasteiger partial charge >= 0.3 is 12.1 Å². The third kappa shape index (κ3) is 4.58. The number of H-pyrrole nitrogens is 1. The van der Waals surface area contributed by atoms with E-state index in [1.54, 1.807) is 12.1 Å². The smallest absolute Gasteiger partial charge is 0.337 e. The minimum atomic E-state index is -5.85. The zero-order valence-corrected chi connectivity index (χ0v) is 22.4. The maximum absolute atomic E-state index is 14.5. The van der Waals surface area contributed by atoms with Crippen molar-refractivity contribution in [3.05, 3.63) is 87.9 Å². The summed E-state index contributed by atoms with van der Waals surface area (Å²) in [5.41, 5.74) is -0.233. The molecule has 0 spiro atoms. The number of hydrogen-bond donors (Lipinski definition) is 2. The van der Waals surface area contributed by atoms with E-state index in [2.05, 4.69) is 25.5 Å². The number of anilines is 1. The van der Waals surface area contributed by atoms with Crippen LogP contribution in [-0.2, 0) is 23.6 Å². The molecule has 0 unspecified atom stereocenters. The Bertz CT molecular complexity index is 1810. The van der Waals surface area contributed by atoms with Crippen LogP contribution in [0.2, 0.25) is 0 Å². The maximum Gasteiger partial charge on any atom is 0.458 e. The minimum absolute atomic E-state index is 0.0836. The number of carbonyl (C=O) groups excluding carboxylic acids is 2. The summed E-state index contributed by atoms with van der Waals surface area (Å²) in [7, 11) is 1.48. The van der Waals surface area contributed by atoms with E-state index in [9.17, 15) is 31.5 Å². The van der Waals surface area contributed by atoms with Gasteiger partial charge in [0.15, 0.2) is 0 Å². The third-order valence-corrected chi connectivity index (χ3v) is 7.85. The fourth-order valence-corrected chi connectivity index (χ4v) is 5.70. The summed E-state index contributed by atoms with van der Waals surface area (Å²) >= 11 is 1.52. The Morgan fingerprint density at radius 2 is 1.95 bits per heavy atom. The number of benzene rings is 1. The quantitative estimate of drug-likeness (QED) is 0.273. The van der Waals surface area contributed by atoms with Gasteiger partial charge in [-0.3, -0.25) is 14.7 Å². The van der Waals surface area contributed by atoms with E-state index in [0.717, 1.165) is 21.7 Å². The molecular formula is C27H20F5N7O2S. The van der Waals surface area contributed by atoms with E-state index in [-0.39, 0.29) is 17.8 Å². The molecule has 5 heterocycles. The summed E-state index contributed by atoms with van der Waals surface area (Å²) in [5, 5.41) is 11.7. The number of rotatable bonds is 6. The van der Waals surface area contributed by atoms with Gasteiger partial charge in [-0.25, -0.2) is 9.97 Å². The first-order valence-corrected chi connectivity index (χ1v) is 13.4. The van der Waals surface area contributed by atoms with E-state index >= 15 is 0 Å². The van der Waals surface area contributed by atoms with Gasteiger partial charge in [0.1, 0.15) is 17.7 Å². The number of aromatic nitrogens is 5. The number of nitrogens with zero attached hydrogens (tertiary/aromatic N) is 5. The molecule has 2 N–H and O–H groups in total. The molecule has 5 aromatic rings. The van der Waals surface area contributed by atoms with E-state index < -0.39 is 41.3 Å². The van der Waals surface area contributed by atoms with Gasteiger partial charge in [-0.1, -0.05) is 12.1 Å². The SMILES string of the molecule is CN1C(=O)[C@@H](NC(=O)c2n[nH]c(Cc3cccs3)n2)Cc2cn(-c3ncccc3C(F)(F)C(F)(F)F)c3cccc1c23. The number of alkyl halides is 5. The average Bonchev–Trinajstić information content (AvgIpc) is 3.71. The number of carbonyl (C=O) groups is 2. The van der Waals surface area contributed by atoms with Gasteiger partial charge in [0.2, 0.25) is 11.7 Å². The Morgan fingerprint density at radius 3 is 2.69 bits per heavy atom. The van der Waals surface area contributed by atoms with Crippen LogP contribution in [0, 0.1) is 0 Å². The van der Waals surface area contributed by atoms with Crippen LogP contribution in [0.15, 0.2) is 60.2 Å².